The van der Waals surface area contributed by atoms with Gasteiger partial charge in [-0.3, -0.25) is 0 Å². The zero-order valence-electron chi connectivity index (χ0n) is 9.56. The van der Waals surface area contributed by atoms with Crippen molar-refractivity contribution in [2.75, 3.05) is 13.7 Å². The fourth-order valence-electron chi connectivity index (χ4n) is 2.74. The van der Waals surface area contributed by atoms with Gasteiger partial charge >= 0.3 is 0 Å². The number of hydrogen-bond acceptors (Lipinski definition) is 3. The second kappa shape index (κ2) is 3.71. The first-order chi connectivity index (χ1) is 8.18. The molecule has 0 aromatic heterocycles. The van der Waals surface area contributed by atoms with Crippen LogP contribution >= 0.6 is 0 Å². The molecule has 0 saturated heterocycles. The summed E-state index contributed by atoms with van der Waals surface area (Å²) in [7, 11) is 1.49. The Hall–Kier alpha value is -1.07. The van der Waals surface area contributed by atoms with E-state index < -0.39 is 11.1 Å². The van der Waals surface area contributed by atoms with Crippen molar-refractivity contribution in [2.24, 2.45) is 0 Å². The van der Waals surface area contributed by atoms with Gasteiger partial charge in [0.25, 0.3) is 0 Å². The van der Waals surface area contributed by atoms with Gasteiger partial charge in [-0.05, 0) is 18.9 Å². The van der Waals surface area contributed by atoms with Crippen molar-refractivity contribution >= 4 is 11.1 Å². The van der Waals surface area contributed by atoms with E-state index in [1.54, 1.807) is 6.07 Å². The molecule has 1 aliphatic heterocycles. The smallest absolute Gasteiger partial charge is 0.194 e. The summed E-state index contributed by atoms with van der Waals surface area (Å²) in [5.41, 5.74) is 1.16. The van der Waals surface area contributed by atoms with Crippen LogP contribution in [0.25, 0.3) is 0 Å². The van der Waals surface area contributed by atoms with Crippen LogP contribution < -0.4 is 9.47 Å². The van der Waals surface area contributed by atoms with Crippen molar-refractivity contribution in [2.45, 2.75) is 29.6 Å². The molecule has 1 aliphatic carbocycles. The number of hydrogen-bond donors (Lipinski definition) is 1. The summed E-state index contributed by atoms with van der Waals surface area (Å²) in [6.07, 6.45) is 3.40. The van der Waals surface area contributed by atoms with Crippen molar-refractivity contribution in [1.29, 1.82) is 0 Å². The Bertz CT molecular complexity index is 494. The maximum Gasteiger partial charge on any atom is 0.194 e. The first-order valence-electron chi connectivity index (χ1n) is 5.63. The van der Waals surface area contributed by atoms with E-state index in [0.717, 1.165) is 18.4 Å². The van der Waals surface area contributed by atoms with E-state index in [9.17, 15) is 8.76 Å². The van der Waals surface area contributed by atoms with Crippen LogP contribution in [0.3, 0.4) is 0 Å². The van der Waals surface area contributed by atoms with Crippen LogP contribution in [-0.4, -0.2) is 22.5 Å². The molecule has 0 amide bonds. The zero-order chi connectivity index (χ0) is 12.0. The van der Waals surface area contributed by atoms with Gasteiger partial charge in [0, 0.05) is 11.0 Å². The third-order valence-corrected chi connectivity index (χ3v) is 4.58. The largest absolute Gasteiger partial charge is 0.495 e. The van der Waals surface area contributed by atoms with Crippen molar-refractivity contribution in [3.8, 4) is 11.5 Å². The predicted octanol–water partition coefficient (Wildman–Crippen LogP) is 2.09. The molecule has 17 heavy (non-hydrogen) atoms. The van der Waals surface area contributed by atoms with Crippen LogP contribution in [-0.2, 0) is 16.5 Å². The Morgan fingerprint density at radius 3 is 2.76 bits per heavy atom. The predicted molar refractivity (Wildman–Crippen MR) is 63.1 cm³/mol. The molecular formula is C12H14O4S. The Morgan fingerprint density at radius 2 is 2.24 bits per heavy atom. The van der Waals surface area contributed by atoms with E-state index in [2.05, 4.69) is 0 Å². The quantitative estimate of drug-likeness (QED) is 0.821. The summed E-state index contributed by atoms with van der Waals surface area (Å²) in [5, 5.41) is 0. The van der Waals surface area contributed by atoms with E-state index in [-0.39, 0.29) is 10.3 Å². The van der Waals surface area contributed by atoms with Gasteiger partial charge in [0.2, 0.25) is 0 Å². The molecule has 3 rings (SSSR count). The van der Waals surface area contributed by atoms with E-state index in [4.69, 9.17) is 9.47 Å². The third kappa shape index (κ3) is 1.42. The second-order valence-electron chi connectivity index (χ2n) is 4.65. The van der Waals surface area contributed by atoms with E-state index in [1.807, 2.05) is 6.07 Å². The van der Waals surface area contributed by atoms with E-state index in [1.165, 1.54) is 13.5 Å². The number of rotatable bonds is 2. The van der Waals surface area contributed by atoms with Crippen molar-refractivity contribution in [3.63, 3.8) is 0 Å². The fourth-order valence-corrected chi connectivity index (χ4v) is 3.39. The third-order valence-electron chi connectivity index (χ3n) is 3.85. The summed E-state index contributed by atoms with van der Waals surface area (Å²) < 4.78 is 31.6. The molecule has 0 radical (unpaired) electrons. The lowest BCUT2D eigenvalue weighted by Gasteiger charge is -2.36. The molecule has 92 valence electrons. The molecule has 1 unspecified atom stereocenters. The maximum atomic E-state index is 11.4. The standard InChI is InChI=1S/C12H14O4S/c1-15-9-4-3-8-10(11(9)17(13)14)16-7-12(8)5-2-6-12/h3-4H,2,5-7H2,1H3,(H,13,14). The van der Waals surface area contributed by atoms with Crippen molar-refractivity contribution in [1.82, 2.24) is 0 Å². The van der Waals surface area contributed by atoms with Gasteiger partial charge < -0.3 is 14.0 Å². The molecule has 1 aromatic rings. The Labute approximate surface area is 102 Å². The summed E-state index contributed by atoms with van der Waals surface area (Å²) >= 11 is -2.08. The average Bonchev–Trinajstić information content (AvgIpc) is 2.66. The number of ether oxygens (including phenoxy) is 2. The molecular weight excluding hydrogens is 240 g/mol. The van der Waals surface area contributed by atoms with Gasteiger partial charge in [0.1, 0.15) is 11.5 Å². The first-order valence-corrected chi connectivity index (χ1v) is 6.74. The van der Waals surface area contributed by atoms with Crippen LogP contribution in [0.4, 0.5) is 0 Å². The zero-order valence-corrected chi connectivity index (χ0v) is 10.4. The monoisotopic (exact) mass is 254 g/mol. The molecule has 4 nitrogen and oxygen atoms in total. The van der Waals surface area contributed by atoms with E-state index >= 15 is 0 Å². The highest BCUT2D eigenvalue weighted by molar-refractivity contribution is 7.79. The fraction of sp³-hybridized carbons (Fsp3) is 0.500. The van der Waals surface area contributed by atoms with Gasteiger partial charge in [0.15, 0.2) is 16.0 Å². The van der Waals surface area contributed by atoms with Crippen LogP contribution in [0.2, 0.25) is 0 Å². The number of benzene rings is 1. The van der Waals surface area contributed by atoms with Gasteiger partial charge in [-0.2, -0.15) is 0 Å². The molecule has 1 heterocycles. The highest BCUT2D eigenvalue weighted by atomic mass is 32.2. The summed E-state index contributed by atoms with van der Waals surface area (Å²) in [4.78, 5) is 0.272. The molecule has 5 heteroatoms. The minimum atomic E-state index is -2.08. The summed E-state index contributed by atoms with van der Waals surface area (Å²) in [6.45, 7) is 0.625. The molecule has 1 saturated carbocycles. The lowest BCUT2D eigenvalue weighted by atomic mass is 9.66. The van der Waals surface area contributed by atoms with Gasteiger partial charge in [0.05, 0.1) is 13.7 Å². The topological polar surface area (TPSA) is 55.8 Å². The minimum Gasteiger partial charge on any atom is -0.495 e. The van der Waals surface area contributed by atoms with Crippen molar-refractivity contribution in [3.05, 3.63) is 17.7 Å². The van der Waals surface area contributed by atoms with Crippen LogP contribution in [0, 0.1) is 0 Å². The summed E-state index contributed by atoms with van der Waals surface area (Å²) in [5.74, 6) is 0.978. The highest BCUT2D eigenvalue weighted by Gasteiger charge is 2.47. The molecule has 1 N–H and O–H groups in total. The molecule has 1 spiro atoms. The maximum absolute atomic E-state index is 11.4. The lowest BCUT2D eigenvalue weighted by Crippen LogP contribution is -2.35. The van der Waals surface area contributed by atoms with Crippen molar-refractivity contribution < 1.29 is 18.2 Å². The molecule has 1 fully saturated rings. The first kappa shape index (κ1) is 11.0. The van der Waals surface area contributed by atoms with E-state index in [0.29, 0.717) is 18.1 Å². The molecule has 2 aliphatic rings. The molecule has 0 bridgehead atoms. The average molecular weight is 254 g/mol. The molecule has 1 atom stereocenters. The SMILES string of the molecule is COc1ccc2c(c1S(=O)O)OCC21CCC1. The Morgan fingerprint density at radius 1 is 1.47 bits per heavy atom. The Kier molecular flexibility index (Phi) is 2.41. The highest BCUT2D eigenvalue weighted by Crippen LogP contribution is 2.54. The lowest BCUT2D eigenvalue weighted by molar-refractivity contribution is 0.176. The van der Waals surface area contributed by atoms with Crippen LogP contribution in [0.15, 0.2) is 17.0 Å². The van der Waals surface area contributed by atoms with Crippen LogP contribution in [0.1, 0.15) is 24.8 Å². The number of fused-ring (bicyclic) bond motifs is 2. The summed E-state index contributed by atoms with van der Waals surface area (Å²) in [6, 6.07) is 3.73. The normalized spacial score (nSPS) is 21.5. The van der Waals surface area contributed by atoms with Gasteiger partial charge in [-0.25, -0.2) is 4.21 Å². The second-order valence-corrected chi connectivity index (χ2v) is 5.55. The van der Waals surface area contributed by atoms with Crippen LogP contribution in [0.5, 0.6) is 11.5 Å². The van der Waals surface area contributed by atoms with Gasteiger partial charge in [-0.1, -0.05) is 12.5 Å². The van der Waals surface area contributed by atoms with Gasteiger partial charge in [-0.15, -0.1) is 0 Å². The minimum absolute atomic E-state index is 0.0930. The number of methoxy groups -OCH3 is 1. The molecule has 1 aromatic carbocycles. The Balaban J connectivity index is 2.18.